The van der Waals surface area contributed by atoms with Gasteiger partial charge in [-0.05, 0) is 43.7 Å². The van der Waals surface area contributed by atoms with Gasteiger partial charge in [-0.3, -0.25) is 9.48 Å². The summed E-state index contributed by atoms with van der Waals surface area (Å²) < 4.78 is 1.86. The van der Waals surface area contributed by atoms with E-state index in [4.69, 9.17) is 0 Å². The normalized spacial score (nSPS) is 17.1. The summed E-state index contributed by atoms with van der Waals surface area (Å²) in [5, 5.41) is 7.61. The lowest BCUT2D eigenvalue weighted by atomic mass is 9.87. The fraction of sp³-hybridized carbons (Fsp3) is 0.444. The average molecular weight is 297 g/mol. The molecule has 4 heteroatoms. The van der Waals surface area contributed by atoms with Gasteiger partial charge in [-0.25, -0.2) is 0 Å². The summed E-state index contributed by atoms with van der Waals surface area (Å²) in [5.74, 6) is -0.0124. The van der Waals surface area contributed by atoms with E-state index >= 15 is 0 Å². The average Bonchev–Trinajstić information content (AvgIpc) is 2.89. The van der Waals surface area contributed by atoms with Gasteiger partial charge in [0, 0.05) is 12.7 Å². The monoisotopic (exact) mass is 297 g/mol. The first-order valence-electron chi connectivity index (χ1n) is 8.11. The first kappa shape index (κ1) is 14.8. The Bertz CT molecular complexity index is 675. The molecule has 1 amide bonds. The third-order valence-corrected chi connectivity index (χ3v) is 4.32. The maximum Gasteiger partial charge on any atom is 0.255 e. The molecule has 0 fully saturated rings. The number of aromatic nitrogens is 2. The van der Waals surface area contributed by atoms with Gasteiger partial charge >= 0.3 is 0 Å². The third-order valence-electron chi connectivity index (χ3n) is 4.32. The molecule has 116 valence electrons. The summed E-state index contributed by atoms with van der Waals surface area (Å²) in [6.45, 7) is 4.85. The van der Waals surface area contributed by atoms with Gasteiger partial charge in [-0.2, -0.15) is 5.10 Å². The van der Waals surface area contributed by atoms with Crippen LogP contribution in [0.15, 0.2) is 30.5 Å². The molecule has 0 saturated heterocycles. The van der Waals surface area contributed by atoms with E-state index in [2.05, 4.69) is 35.5 Å². The van der Waals surface area contributed by atoms with Crippen molar-refractivity contribution in [3.05, 3.63) is 52.8 Å². The van der Waals surface area contributed by atoms with Gasteiger partial charge in [0.05, 0.1) is 17.3 Å². The lowest BCUT2D eigenvalue weighted by Gasteiger charge is -2.26. The highest BCUT2D eigenvalue weighted by molar-refractivity contribution is 5.95. The second-order valence-electron chi connectivity index (χ2n) is 6.01. The van der Waals surface area contributed by atoms with Crippen molar-refractivity contribution in [2.75, 3.05) is 0 Å². The van der Waals surface area contributed by atoms with E-state index in [0.29, 0.717) is 5.56 Å². The molecule has 1 aromatic heterocycles. The maximum absolute atomic E-state index is 12.6. The zero-order valence-corrected chi connectivity index (χ0v) is 13.3. The summed E-state index contributed by atoms with van der Waals surface area (Å²) in [7, 11) is 0. The van der Waals surface area contributed by atoms with Gasteiger partial charge < -0.3 is 5.32 Å². The predicted octanol–water partition coefficient (Wildman–Crippen LogP) is 3.41. The van der Waals surface area contributed by atoms with E-state index in [0.717, 1.165) is 37.9 Å². The Hall–Kier alpha value is -2.10. The fourth-order valence-electron chi connectivity index (χ4n) is 3.22. The Kier molecular flexibility index (Phi) is 4.27. The molecule has 4 nitrogen and oxygen atoms in total. The second-order valence-corrected chi connectivity index (χ2v) is 6.01. The van der Waals surface area contributed by atoms with Gasteiger partial charge in [0.2, 0.25) is 0 Å². The molecule has 1 N–H and O–H groups in total. The molecule has 0 aliphatic heterocycles. The summed E-state index contributed by atoms with van der Waals surface area (Å²) in [5.41, 5.74) is 4.12. The van der Waals surface area contributed by atoms with E-state index in [-0.39, 0.29) is 11.9 Å². The predicted molar refractivity (Wildman–Crippen MR) is 86.8 cm³/mol. The molecular weight excluding hydrogens is 274 g/mol. The van der Waals surface area contributed by atoms with E-state index < -0.39 is 0 Å². The van der Waals surface area contributed by atoms with Gasteiger partial charge in [-0.1, -0.05) is 31.2 Å². The van der Waals surface area contributed by atoms with E-state index in [1.54, 1.807) is 0 Å². The van der Waals surface area contributed by atoms with Crippen LogP contribution in [-0.4, -0.2) is 15.7 Å². The number of carbonyl (C=O) groups is 1. The number of rotatable bonds is 4. The van der Waals surface area contributed by atoms with Crippen LogP contribution < -0.4 is 5.32 Å². The summed E-state index contributed by atoms with van der Waals surface area (Å²) >= 11 is 0. The minimum absolute atomic E-state index is 0.0124. The van der Waals surface area contributed by atoms with Crippen LogP contribution in [0.25, 0.3) is 0 Å². The molecule has 0 radical (unpaired) electrons. The summed E-state index contributed by atoms with van der Waals surface area (Å²) in [6.07, 6.45) is 6.11. The van der Waals surface area contributed by atoms with Gasteiger partial charge in [-0.15, -0.1) is 0 Å². The second kappa shape index (κ2) is 6.34. The van der Waals surface area contributed by atoms with Gasteiger partial charge in [0.25, 0.3) is 5.91 Å². The molecule has 1 aliphatic carbocycles. The lowest BCUT2D eigenvalue weighted by molar-refractivity contribution is 0.0932. The number of hydrogen-bond donors (Lipinski definition) is 1. The lowest BCUT2D eigenvalue weighted by Crippen LogP contribution is -2.31. The van der Waals surface area contributed by atoms with Crippen LogP contribution in [0.3, 0.4) is 0 Å². The van der Waals surface area contributed by atoms with Crippen molar-refractivity contribution < 1.29 is 4.79 Å². The number of fused-ring (bicyclic) bond motifs is 1. The summed E-state index contributed by atoms with van der Waals surface area (Å²) in [6, 6.07) is 8.53. The highest BCUT2D eigenvalue weighted by Gasteiger charge is 2.23. The minimum atomic E-state index is -0.0124. The Labute approximate surface area is 131 Å². The van der Waals surface area contributed by atoms with Crippen LogP contribution in [0, 0.1) is 6.92 Å². The Balaban J connectivity index is 1.78. The zero-order valence-electron chi connectivity index (χ0n) is 13.3. The Morgan fingerprint density at radius 1 is 1.41 bits per heavy atom. The largest absolute Gasteiger partial charge is 0.345 e. The van der Waals surface area contributed by atoms with Gasteiger partial charge in [0.1, 0.15) is 0 Å². The Morgan fingerprint density at radius 3 is 3.05 bits per heavy atom. The minimum Gasteiger partial charge on any atom is -0.345 e. The molecule has 3 rings (SSSR count). The number of nitrogens with one attached hydrogen (secondary N) is 1. The topological polar surface area (TPSA) is 46.9 Å². The fourth-order valence-corrected chi connectivity index (χ4v) is 3.22. The molecule has 0 bridgehead atoms. The molecule has 2 aromatic rings. The van der Waals surface area contributed by atoms with Crippen molar-refractivity contribution in [2.45, 2.75) is 52.1 Å². The van der Waals surface area contributed by atoms with Crippen LogP contribution in [0.2, 0.25) is 0 Å². The van der Waals surface area contributed by atoms with Crippen molar-refractivity contribution in [2.24, 2.45) is 0 Å². The number of nitrogens with zero attached hydrogens (tertiary/aromatic N) is 2. The van der Waals surface area contributed by atoms with Crippen LogP contribution in [-0.2, 0) is 13.0 Å². The highest BCUT2D eigenvalue weighted by atomic mass is 16.1. The molecular formula is C18H23N3O. The quantitative estimate of drug-likeness (QED) is 0.940. The molecule has 0 spiro atoms. The van der Waals surface area contributed by atoms with Crippen molar-refractivity contribution >= 4 is 5.91 Å². The van der Waals surface area contributed by atoms with E-state index in [1.807, 2.05) is 23.9 Å². The van der Waals surface area contributed by atoms with Crippen molar-refractivity contribution in [3.63, 3.8) is 0 Å². The van der Waals surface area contributed by atoms with Crippen molar-refractivity contribution in [1.82, 2.24) is 15.1 Å². The maximum atomic E-state index is 12.6. The molecule has 1 atom stereocenters. The molecule has 22 heavy (non-hydrogen) atoms. The first-order chi connectivity index (χ1) is 10.7. The van der Waals surface area contributed by atoms with Crippen LogP contribution in [0.5, 0.6) is 0 Å². The van der Waals surface area contributed by atoms with Crippen LogP contribution in [0.1, 0.15) is 59.4 Å². The number of hydrogen-bond acceptors (Lipinski definition) is 2. The Morgan fingerprint density at radius 2 is 2.23 bits per heavy atom. The number of amides is 1. The standard InChI is InChI=1S/C18H23N3O/c1-3-11-21-12-16(13(2)20-21)18(22)19-17-10-6-8-14-7-4-5-9-15(14)17/h4-5,7,9,12,17H,3,6,8,10-11H2,1-2H3,(H,19,22). The third kappa shape index (κ3) is 2.91. The zero-order chi connectivity index (χ0) is 15.5. The van der Waals surface area contributed by atoms with E-state index in [1.165, 1.54) is 11.1 Å². The number of aryl methyl sites for hydroxylation is 3. The number of benzene rings is 1. The van der Waals surface area contributed by atoms with Crippen molar-refractivity contribution in [3.8, 4) is 0 Å². The molecule has 0 saturated carbocycles. The van der Waals surface area contributed by atoms with E-state index in [9.17, 15) is 4.79 Å². The van der Waals surface area contributed by atoms with Crippen LogP contribution in [0.4, 0.5) is 0 Å². The molecule has 1 heterocycles. The highest BCUT2D eigenvalue weighted by Crippen LogP contribution is 2.29. The molecule has 1 aromatic carbocycles. The van der Waals surface area contributed by atoms with Gasteiger partial charge in [0.15, 0.2) is 0 Å². The number of carbonyl (C=O) groups excluding carboxylic acids is 1. The van der Waals surface area contributed by atoms with Crippen LogP contribution >= 0.6 is 0 Å². The van der Waals surface area contributed by atoms with Crippen molar-refractivity contribution in [1.29, 1.82) is 0 Å². The smallest absolute Gasteiger partial charge is 0.255 e. The molecule has 1 unspecified atom stereocenters. The SMILES string of the molecule is CCCn1cc(C(=O)NC2CCCc3ccccc32)c(C)n1. The molecule has 1 aliphatic rings. The first-order valence-corrected chi connectivity index (χ1v) is 8.11. The summed E-state index contributed by atoms with van der Waals surface area (Å²) in [4.78, 5) is 12.6.